The Morgan fingerprint density at radius 3 is 2.15 bits per heavy atom. The molecular weight excluding hydrogens is 606 g/mol. The molecule has 1 amide bonds. The Hall–Kier alpha value is -4.04. The molecule has 2 aromatic heterocycles. The molecule has 248 valence electrons. The highest BCUT2D eigenvalue weighted by atomic mass is 19.4. The summed E-state index contributed by atoms with van der Waals surface area (Å²) in [6.45, 7) is 14.0. The van der Waals surface area contributed by atoms with Crippen LogP contribution >= 0.6 is 0 Å². The van der Waals surface area contributed by atoms with Gasteiger partial charge >= 0.3 is 6.18 Å². The number of halogens is 4. The van der Waals surface area contributed by atoms with Gasteiger partial charge in [0.15, 0.2) is 0 Å². The van der Waals surface area contributed by atoms with E-state index in [1.54, 1.807) is 0 Å². The van der Waals surface area contributed by atoms with Gasteiger partial charge in [-0.05, 0) is 60.7 Å². The van der Waals surface area contributed by atoms with Gasteiger partial charge in [-0.1, -0.05) is 0 Å². The molecule has 2 aliphatic heterocycles. The lowest BCUT2D eigenvalue weighted by molar-refractivity contribution is -0.138. The summed E-state index contributed by atoms with van der Waals surface area (Å²) in [5.74, 6) is -1.28. The molecule has 0 bridgehead atoms. The van der Waals surface area contributed by atoms with E-state index >= 15 is 4.39 Å². The van der Waals surface area contributed by atoms with Crippen molar-refractivity contribution in [2.75, 3.05) is 48.3 Å². The van der Waals surface area contributed by atoms with E-state index in [0.29, 0.717) is 49.4 Å². The maximum atomic E-state index is 15.9. The number of benzene rings is 1. The number of pyridine rings is 1. The van der Waals surface area contributed by atoms with Crippen molar-refractivity contribution in [1.82, 2.24) is 19.9 Å². The summed E-state index contributed by atoms with van der Waals surface area (Å²) in [4.78, 5) is 42.3. The number of anilines is 3. The standard InChI is InChI=1S/C32H39F4N7O3/c1-18-14-42(15-19(2)41(18)7)26-10-24(33)21(8-25(26)40-28(45)22-13-37-27(44)9-23(22)32(34,35)36)20-11-38-29(39-12-20)43-16-30(3,4)46-31(5,6)17-43/h8-13,18-19H,14-17H2,1-7H3,(H,37,44)(H,40,45)/t18-,19+. The molecule has 2 N–H and O–H groups in total. The molecule has 0 saturated carbocycles. The molecule has 5 rings (SSSR count). The number of ether oxygens (including phenoxy) is 1. The number of carbonyl (C=O) groups is 1. The highest BCUT2D eigenvalue weighted by Crippen LogP contribution is 2.38. The molecule has 14 heteroatoms. The van der Waals surface area contributed by atoms with E-state index in [-0.39, 0.29) is 23.3 Å². The fraction of sp³-hybridized carbons (Fsp3) is 0.500. The number of amides is 1. The van der Waals surface area contributed by atoms with Crippen molar-refractivity contribution in [1.29, 1.82) is 0 Å². The molecule has 0 radical (unpaired) electrons. The van der Waals surface area contributed by atoms with Crippen LogP contribution in [-0.2, 0) is 10.9 Å². The average Bonchev–Trinajstić information content (AvgIpc) is 2.94. The van der Waals surface area contributed by atoms with E-state index < -0.39 is 45.8 Å². The Morgan fingerprint density at radius 1 is 1.00 bits per heavy atom. The van der Waals surface area contributed by atoms with Crippen molar-refractivity contribution in [3.05, 3.63) is 64.1 Å². The van der Waals surface area contributed by atoms with Gasteiger partial charge in [0.1, 0.15) is 5.82 Å². The van der Waals surface area contributed by atoms with Crippen LogP contribution in [0.25, 0.3) is 11.1 Å². The molecule has 46 heavy (non-hydrogen) atoms. The number of rotatable bonds is 5. The van der Waals surface area contributed by atoms with Gasteiger partial charge in [0.2, 0.25) is 11.5 Å². The van der Waals surface area contributed by atoms with Crippen molar-refractivity contribution < 1.29 is 27.1 Å². The van der Waals surface area contributed by atoms with E-state index in [0.717, 1.165) is 6.20 Å². The molecule has 1 aromatic carbocycles. The second-order valence-corrected chi connectivity index (χ2v) is 13.4. The second-order valence-electron chi connectivity index (χ2n) is 13.4. The largest absolute Gasteiger partial charge is 0.417 e. The molecule has 3 aromatic rings. The molecule has 10 nitrogen and oxygen atoms in total. The second kappa shape index (κ2) is 12.0. The first-order chi connectivity index (χ1) is 21.3. The van der Waals surface area contributed by atoms with Crippen LogP contribution in [0.2, 0.25) is 0 Å². The number of nitrogens with one attached hydrogen (secondary N) is 2. The topological polar surface area (TPSA) is 107 Å². The lowest BCUT2D eigenvalue weighted by Crippen LogP contribution is -2.57. The highest BCUT2D eigenvalue weighted by molar-refractivity contribution is 6.07. The van der Waals surface area contributed by atoms with E-state index in [2.05, 4.69) is 25.2 Å². The monoisotopic (exact) mass is 645 g/mol. The molecule has 0 spiro atoms. The third kappa shape index (κ3) is 7.02. The minimum Gasteiger partial charge on any atom is -0.367 e. The van der Waals surface area contributed by atoms with Crippen LogP contribution in [0.4, 0.5) is 34.9 Å². The Morgan fingerprint density at radius 2 is 1.59 bits per heavy atom. The van der Waals surface area contributed by atoms with Crippen LogP contribution in [-0.4, -0.2) is 82.3 Å². The van der Waals surface area contributed by atoms with Gasteiger partial charge in [-0.3, -0.25) is 14.5 Å². The van der Waals surface area contributed by atoms with Crippen molar-refractivity contribution in [2.45, 2.75) is 71.0 Å². The maximum absolute atomic E-state index is 15.9. The fourth-order valence-corrected chi connectivity index (χ4v) is 6.38. The molecule has 2 fully saturated rings. The number of nitrogens with zero attached hydrogens (tertiary/aromatic N) is 5. The zero-order valence-electron chi connectivity index (χ0n) is 26.9. The van der Waals surface area contributed by atoms with E-state index in [9.17, 15) is 22.8 Å². The molecule has 0 unspecified atom stereocenters. The van der Waals surface area contributed by atoms with E-state index in [1.807, 2.05) is 58.4 Å². The van der Waals surface area contributed by atoms with Crippen LogP contribution in [0.3, 0.4) is 0 Å². The number of alkyl halides is 3. The van der Waals surface area contributed by atoms with Crippen molar-refractivity contribution in [2.24, 2.45) is 0 Å². The zero-order chi connectivity index (χ0) is 33.8. The first kappa shape index (κ1) is 33.3. The third-order valence-corrected chi connectivity index (χ3v) is 8.44. The molecule has 2 aliphatic rings. The maximum Gasteiger partial charge on any atom is 0.417 e. The third-order valence-electron chi connectivity index (χ3n) is 8.44. The number of aromatic amines is 1. The van der Waals surface area contributed by atoms with Crippen molar-refractivity contribution in [3.63, 3.8) is 0 Å². The van der Waals surface area contributed by atoms with Gasteiger partial charge in [-0.15, -0.1) is 0 Å². The number of H-pyrrole nitrogens is 1. The first-order valence-electron chi connectivity index (χ1n) is 15.0. The number of likely N-dealkylation sites (N-methyl/N-ethyl adjacent to an activating group) is 1. The van der Waals surface area contributed by atoms with Gasteiger partial charge in [0.05, 0.1) is 33.7 Å². The van der Waals surface area contributed by atoms with Gasteiger partial charge in [-0.25, -0.2) is 14.4 Å². The van der Waals surface area contributed by atoms with E-state index in [4.69, 9.17) is 4.74 Å². The number of aromatic nitrogens is 3. The summed E-state index contributed by atoms with van der Waals surface area (Å²) in [6.07, 6.45) is -1.27. The zero-order valence-corrected chi connectivity index (χ0v) is 26.9. The van der Waals surface area contributed by atoms with Crippen LogP contribution in [0.5, 0.6) is 0 Å². The quantitative estimate of drug-likeness (QED) is 0.367. The minimum atomic E-state index is -4.95. The summed E-state index contributed by atoms with van der Waals surface area (Å²) < 4.78 is 63.4. The van der Waals surface area contributed by atoms with Crippen molar-refractivity contribution >= 4 is 23.2 Å². The van der Waals surface area contributed by atoms with Crippen molar-refractivity contribution in [3.8, 4) is 11.1 Å². The van der Waals surface area contributed by atoms with Crippen LogP contribution < -0.4 is 20.7 Å². The summed E-state index contributed by atoms with van der Waals surface area (Å²) in [7, 11) is 1.98. The molecule has 0 aliphatic carbocycles. The SMILES string of the molecule is C[C@@H]1CN(c2cc(F)c(-c3cnc(N4CC(C)(C)OC(C)(C)C4)nc3)cc2NC(=O)c2c[nH]c(=O)cc2C(F)(F)F)C[C@H](C)N1C. The number of carbonyl (C=O) groups excluding carboxylic acids is 1. The lowest BCUT2D eigenvalue weighted by atomic mass is 9.99. The summed E-state index contributed by atoms with van der Waals surface area (Å²) in [5.41, 5.74) is -3.26. The number of piperazine rings is 1. The minimum absolute atomic E-state index is 0.0565. The van der Waals surface area contributed by atoms with Crippen LogP contribution in [0.1, 0.15) is 57.5 Å². The van der Waals surface area contributed by atoms with Gasteiger partial charge < -0.3 is 24.8 Å². The lowest BCUT2D eigenvalue weighted by Gasteiger charge is -2.47. The van der Waals surface area contributed by atoms with E-state index in [1.165, 1.54) is 24.5 Å². The van der Waals surface area contributed by atoms with Gasteiger partial charge in [-0.2, -0.15) is 13.2 Å². The Labute approximate surface area is 264 Å². The predicted molar refractivity (Wildman–Crippen MR) is 168 cm³/mol. The normalized spacial score (nSPS) is 21.7. The van der Waals surface area contributed by atoms with Gasteiger partial charge in [0, 0.05) is 74.0 Å². The van der Waals surface area contributed by atoms with Crippen LogP contribution in [0, 0.1) is 5.82 Å². The van der Waals surface area contributed by atoms with Gasteiger partial charge in [0.25, 0.3) is 5.91 Å². The number of hydrogen-bond acceptors (Lipinski definition) is 8. The Kier molecular flexibility index (Phi) is 8.66. The predicted octanol–water partition coefficient (Wildman–Crippen LogP) is 5.16. The fourth-order valence-electron chi connectivity index (χ4n) is 6.38. The first-order valence-corrected chi connectivity index (χ1v) is 15.0. The molecular formula is C32H39F4N7O3. The summed E-state index contributed by atoms with van der Waals surface area (Å²) in [5, 5.41) is 2.57. The summed E-state index contributed by atoms with van der Waals surface area (Å²) >= 11 is 0. The number of hydrogen-bond donors (Lipinski definition) is 2. The van der Waals surface area contributed by atoms with Crippen LogP contribution in [0.15, 0.2) is 41.6 Å². The Bertz CT molecular complexity index is 1650. The molecule has 2 atom stereocenters. The average molecular weight is 646 g/mol. The molecule has 4 heterocycles. The smallest absolute Gasteiger partial charge is 0.367 e. The Balaban J connectivity index is 1.54. The highest BCUT2D eigenvalue weighted by Gasteiger charge is 2.39. The molecule has 2 saturated heterocycles. The number of morpholine rings is 1. The summed E-state index contributed by atoms with van der Waals surface area (Å²) in [6, 6.07) is 3.14.